The molecule has 0 saturated carbocycles. The van der Waals surface area contributed by atoms with Crippen molar-refractivity contribution < 1.29 is 4.79 Å². The highest BCUT2D eigenvalue weighted by molar-refractivity contribution is 5.89. The number of aromatic nitrogens is 1. The average Bonchev–Trinajstić information content (AvgIpc) is 2.47. The summed E-state index contributed by atoms with van der Waals surface area (Å²) in [6, 6.07) is 11.2. The molecule has 0 atom stereocenters. The van der Waals surface area contributed by atoms with Crippen LogP contribution in [0.1, 0.15) is 5.56 Å². The molecule has 0 aliphatic rings. The number of carbonyl (C=O) groups is 1. The Hall–Kier alpha value is -2.56. The summed E-state index contributed by atoms with van der Waals surface area (Å²) in [4.78, 5) is 15.2. The first kappa shape index (κ1) is 12.9. The van der Waals surface area contributed by atoms with E-state index in [1.807, 2.05) is 42.6 Å². The molecule has 0 saturated heterocycles. The molecule has 19 heavy (non-hydrogen) atoms. The van der Waals surface area contributed by atoms with E-state index in [9.17, 15) is 4.79 Å². The summed E-state index contributed by atoms with van der Waals surface area (Å²) in [5, 5.41) is 8.49. The number of rotatable bonds is 4. The Kier molecular flexibility index (Phi) is 4.34. The Morgan fingerprint density at radius 1 is 1.16 bits per heavy atom. The van der Waals surface area contributed by atoms with Gasteiger partial charge in [0.1, 0.15) is 0 Å². The van der Waals surface area contributed by atoms with Gasteiger partial charge >= 0.3 is 6.03 Å². The predicted molar refractivity (Wildman–Crippen MR) is 76.1 cm³/mol. The van der Waals surface area contributed by atoms with Crippen molar-refractivity contribution in [2.45, 2.75) is 6.54 Å². The van der Waals surface area contributed by atoms with Crippen molar-refractivity contribution in [1.29, 1.82) is 0 Å². The van der Waals surface area contributed by atoms with Crippen molar-refractivity contribution in [1.82, 2.24) is 10.3 Å². The SMILES string of the molecule is CNC(=O)Nc1ccc(NCc2cccnc2)cc1. The fraction of sp³-hybridized carbons (Fsp3) is 0.143. The van der Waals surface area contributed by atoms with Crippen LogP contribution in [0, 0.1) is 0 Å². The third-order valence-corrected chi connectivity index (χ3v) is 2.59. The van der Waals surface area contributed by atoms with Gasteiger partial charge in [-0.2, -0.15) is 0 Å². The van der Waals surface area contributed by atoms with E-state index in [1.165, 1.54) is 0 Å². The predicted octanol–water partition coefficient (Wildman–Crippen LogP) is 2.45. The summed E-state index contributed by atoms with van der Waals surface area (Å²) in [7, 11) is 1.58. The number of amides is 2. The van der Waals surface area contributed by atoms with Crippen LogP contribution in [-0.4, -0.2) is 18.1 Å². The third kappa shape index (κ3) is 3.99. The number of nitrogens with one attached hydrogen (secondary N) is 3. The van der Waals surface area contributed by atoms with Crippen LogP contribution in [0.3, 0.4) is 0 Å². The molecule has 5 nitrogen and oxygen atoms in total. The maximum atomic E-state index is 11.1. The molecule has 2 amide bonds. The van der Waals surface area contributed by atoms with E-state index >= 15 is 0 Å². The second-order valence-corrected chi connectivity index (χ2v) is 4.00. The van der Waals surface area contributed by atoms with Crippen LogP contribution in [-0.2, 0) is 6.54 Å². The van der Waals surface area contributed by atoms with Gasteiger partial charge in [0.15, 0.2) is 0 Å². The smallest absolute Gasteiger partial charge is 0.318 e. The summed E-state index contributed by atoms with van der Waals surface area (Å²) in [5.74, 6) is 0. The molecule has 5 heteroatoms. The number of anilines is 2. The number of pyridine rings is 1. The maximum absolute atomic E-state index is 11.1. The summed E-state index contributed by atoms with van der Waals surface area (Å²) in [6.45, 7) is 0.718. The molecule has 0 fully saturated rings. The van der Waals surface area contributed by atoms with E-state index < -0.39 is 0 Å². The van der Waals surface area contributed by atoms with Crippen molar-refractivity contribution in [3.8, 4) is 0 Å². The fourth-order valence-corrected chi connectivity index (χ4v) is 1.57. The third-order valence-electron chi connectivity index (χ3n) is 2.59. The lowest BCUT2D eigenvalue weighted by molar-refractivity contribution is 0.254. The molecule has 1 aromatic carbocycles. The topological polar surface area (TPSA) is 66.1 Å². The molecule has 0 spiro atoms. The molecular weight excluding hydrogens is 240 g/mol. The molecule has 3 N–H and O–H groups in total. The Balaban J connectivity index is 1.90. The molecule has 0 bridgehead atoms. The number of benzene rings is 1. The van der Waals surface area contributed by atoms with Crippen molar-refractivity contribution in [3.63, 3.8) is 0 Å². The van der Waals surface area contributed by atoms with Gasteiger partial charge in [0, 0.05) is 37.4 Å². The van der Waals surface area contributed by atoms with Gasteiger partial charge in [-0.05, 0) is 35.9 Å². The minimum absolute atomic E-state index is 0.226. The Morgan fingerprint density at radius 3 is 2.53 bits per heavy atom. The molecule has 1 aromatic heterocycles. The average molecular weight is 256 g/mol. The number of hydrogen-bond acceptors (Lipinski definition) is 3. The van der Waals surface area contributed by atoms with Gasteiger partial charge in [-0.1, -0.05) is 6.07 Å². The fourth-order valence-electron chi connectivity index (χ4n) is 1.57. The Morgan fingerprint density at radius 2 is 1.89 bits per heavy atom. The van der Waals surface area contributed by atoms with Crippen LogP contribution in [0.5, 0.6) is 0 Å². The highest BCUT2D eigenvalue weighted by Crippen LogP contribution is 2.14. The Labute approximate surface area is 112 Å². The molecule has 0 unspecified atom stereocenters. The largest absolute Gasteiger partial charge is 0.381 e. The van der Waals surface area contributed by atoms with Crippen LogP contribution in [0.2, 0.25) is 0 Å². The molecule has 0 aliphatic heterocycles. The van der Waals surface area contributed by atoms with Crippen LogP contribution < -0.4 is 16.0 Å². The first-order chi connectivity index (χ1) is 9.28. The number of carbonyl (C=O) groups excluding carboxylic acids is 1. The molecule has 0 radical (unpaired) electrons. The molecule has 2 aromatic rings. The minimum Gasteiger partial charge on any atom is -0.381 e. The normalized spacial score (nSPS) is 9.74. The monoisotopic (exact) mass is 256 g/mol. The van der Waals surface area contributed by atoms with Crippen LogP contribution in [0.25, 0.3) is 0 Å². The lowest BCUT2D eigenvalue weighted by Gasteiger charge is -2.08. The van der Waals surface area contributed by atoms with E-state index in [-0.39, 0.29) is 6.03 Å². The van der Waals surface area contributed by atoms with Gasteiger partial charge in [-0.3, -0.25) is 4.98 Å². The standard InChI is InChI=1S/C14H16N4O/c1-15-14(19)18-13-6-4-12(5-7-13)17-10-11-3-2-8-16-9-11/h2-9,17H,10H2,1H3,(H2,15,18,19). The van der Waals surface area contributed by atoms with Crippen LogP contribution >= 0.6 is 0 Å². The summed E-state index contributed by atoms with van der Waals surface area (Å²) < 4.78 is 0. The van der Waals surface area contributed by atoms with Gasteiger partial charge in [0.2, 0.25) is 0 Å². The van der Waals surface area contributed by atoms with Gasteiger partial charge in [-0.25, -0.2) is 4.79 Å². The van der Waals surface area contributed by atoms with Crippen molar-refractivity contribution >= 4 is 17.4 Å². The van der Waals surface area contributed by atoms with E-state index in [2.05, 4.69) is 20.9 Å². The minimum atomic E-state index is -0.226. The second-order valence-electron chi connectivity index (χ2n) is 4.00. The lowest BCUT2D eigenvalue weighted by Crippen LogP contribution is -2.24. The van der Waals surface area contributed by atoms with Gasteiger partial charge < -0.3 is 16.0 Å². The molecule has 2 rings (SSSR count). The van der Waals surface area contributed by atoms with Crippen molar-refractivity contribution in [3.05, 3.63) is 54.4 Å². The summed E-state index contributed by atoms with van der Waals surface area (Å²) in [5.41, 5.74) is 2.87. The molecule has 1 heterocycles. The van der Waals surface area contributed by atoms with Gasteiger partial charge in [0.25, 0.3) is 0 Å². The summed E-state index contributed by atoms with van der Waals surface area (Å²) >= 11 is 0. The van der Waals surface area contributed by atoms with Crippen molar-refractivity contribution in [2.24, 2.45) is 0 Å². The molecule has 98 valence electrons. The maximum Gasteiger partial charge on any atom is 0.318 e. The van der Waals surface area contributed by atoms with Gasteiger partial charge in [0.05, 0.1) is 0 Å². The molecular formula is C14H16N4O. The van der Waals surface area contributed by atoms with Crippen molar-refractivity contribution in [2.75, 3.05) is 17.7 Å². The Bertz CT molecular complexity index is 525. The zero-order valence-corrected chi connectivity index (χ0v) is 10.7. The summed E-state index contributed by atoms with van der Waals surface area (Å²) in [6.07, 6.45) is 3.58. The van der Waals surface area contributed by atoms with E-state index in [4.69, 9.17) is 0 Å². The highest BCUT2D eigenvalue weighted by atomic mass is 16.2. The van der Waals surface area contributed by atoms with E-state index in [0.717, 1.165) is 23.5 Å². The van der Waals surface area contributed by atoms with Crippen LogP contribution in [0.15, 0.2) is 48.8 Å². The van der Waals surface area contributed by atoms with E-state index in [0.29, 0.717) is 0 Å². The van der Waals surface area contributed by atoms with Gasteiger partial charge in [-0.15, -0.1) is 0 Å². The first-order valence-electron chi connectivity index (χ1n) is 5.99. The number of urea groups is 1. The van der Waals surface area contributed by atoms with E-state index in [1.54, 1.807) is 13.2 Å². The quantitative estimate of drug-likeness (QED) is 0.787. The van der Waals surface area contributed by atoms with Crippen LogP contribution in [0.4, 0.5) is 16.2 Å². The lowest BCUT2D eigenvalue weighted by atomic mass is 10.2. The first-order valence-corrected chi connectivity index (χ1v) is 5.99. The second kappa shape index (κ2) is 6.39. The zero-order valence-electron chi connectivity index (χ0n) is 10.7. The zero-order chi connectivity index (χ0) is 13.5. The number of hydrogen-bond donors (Lipinski definition) is 3. The highest BCUT2D eigenvalue weighted by Gasteiger charge is 1.98. The molecule has 0 aliphatic carbocycles. The number of nitrogens with zero attached hydrogens (tertiary/aromatic N) is 1.